The van der Waals surface area contributed by atoms with Crippen molar-refractivity contribution in [1.82, 2.24) is 0 Å². The molecule has 5 nitrogen and oxygen atoms in total. The summed E-state index contributed by atoms with van der Waals surface area (Å²) in [6.07, 6.45) is 0. The summed E-state index contributed by atoms with van der Waals surface area (Å²) in [5.74, 6) is -0.568. The minimum atomic E-state index is -0.568. The summed E-state index contributed by atoms with van der Waals surface area (Å²) >= 11 is 0. The average Bonchev–Trinajstić information content (AvgIpc) is 2.48. The van der Waals surface area contributed by atoms with E-state index in [2.05, 4.69) is 11.4 Å². The van der Waals surface area contributed by atoms with Crippen LogP contribution in [0.1, 0.15) is 5.56 Å². The third kappa shape index (κ3) is 2.22. The van der Waals surface area contributed by atoms with Gasteiger partial charge in [-0.2, -0.15) is 15.8 Å². The molecule has 0 atom stereocenters. The zero-order valence-corrected chi connectivity index (χ0v) is 10.3. The summed E-state index contributed by atoms with van der Waals surface area (Å²) < 4.78 is 0. The predicted molar refractivity (Wildman–Crippen MR) is 73.2 cm³/mol. The Bertz CT molecular complexity index is 816. The number of nitriles is 3. The SMILES string of the molecule is N#CC(C#N)=C(O)Nc1ccc2ccccc2c1C#N. The van der Waals surface area contributed by atoms with Crippen LogP contribution in [0, 0.1) is 34.0 Å². The van der Waals surface area contributed by atoms with Gasteiger partial charge in [-0.15, -0.1) is 0 Å². The molecular weight excluding hydrogens is 252 g/mol. The third-order valence-corrected chi connectivity index (χ3v) is 2.75. The van der Waals surface area contributed by atoms with Gasteiger partial charge in [0.25, 0.3) is 0 Å². The molecule has 0 amide bonds. The quantitative estimate of drug-likeness (QED) is 0.638. The Balaban J connectivity index is 2.58. The maximum Gasteiger partial charge on any atom is 0.218 e. The first kappa shape index (κ1) is 13.0. The normalized spacial score (nSPS) is 9.05. The highest BCUT2D eigenvalue weighted by atomic mass is 16.3. The van der Waals surface area contributed by atoms with Crippen LogP contribution in [0.3, 0.4) is 0 Å². The summed E-state index contributed by atoms with van der Waals surface area (Å²) in [4.78, 5) is 0. The van der Waals surface area contributed by atoms with Gasteiger partial charge in [0.05, 0.1) is 11.3 Å². The first-order valence-corrected chi connectivity index (χ1v) is 5.63. The molecular formula is C15H8N4O. The Morgan fingerprint density at radius 1 is 1.00 bits per heavy atom. The van der Waals surface area contributed by atoms with E-state index < -0.39 is 11.5 Å². The number of rotatable bonds is 2. The van der Waals surface area contributed by atoms with Gasteiger partial charge in [0.2, 0.25) is 5.88 Å². The number of hydrogen-bond acceptors (Lipinski definition) is 5. The van der Waals surface area contributed by atoms with Crippen LogP contribution in [-0.4, -0.2) is 5.11 Å². The van der Waals surface area contributed by atoms with Gasteiger partial charge in [0.15, 0.2) is 5.57 Å². The van der Waals surface area contributed by atoms with Crippen LogP contribution in [0.15, 0.2) is 47.9 Å². The smallest absolute Gasteiger partial charge is 0.218 e. The zero-order chi connectivity index (χ0) is 14.5. The van der Waals surface area contributed by atoms with Gasteiger partial charge in [-0.3, -0.25) is 0 Å². The van der Waals surface area contributed by atoms with Gasteiger partial charge in [0, 0.05) is 5.39 Å². The number of hydrogen-bond donors (Lipinski definition) is 2. The molecule has 2 aromatic rings. The molecule has 2 N–H and O–H groups in total. The fraction of sp³-hybridized carbons (Fsp3) is 0. The number of nitrogens with one attached hydrogen (secondary N) is 1. The second-order valence-electron chi connectivity index (χ2n) is 3.89. The second kappa shape index (κ2) is 5.44. The fourth-order valence-corrected chi connectivity index (χ4v) is 1.82. The molecule has 0 unspecified atom stereocenters. The van der Waals surface area contributed by atoms with Gasteiger partial charge < -0.3 is 10.4 Å². The summed E-state index contributed by atoms with van der Waals surface area (Å²) in [5, 5.41) is 40.4. The molecule has 5 heteroatoms. The van der Waals surface area contributed by atoms with Crippen LogP contribution < -0.4 is 5.32 Å². The number of aliphatic hydroxyl groups is 1. The largest absolute Gasteiger partial charge is 0.493 e. The van der Waals surface area contributed by atoms with Gasteiger partial charge in [-0.1, -0.05) is 30.3 Å². The topological polar surface area (TPSA) is 104 Å². The molecule has 94 valence electrons. The van der Waals surface area contributed by atoms with Crippen LogP contribution in [0.2, 0.25) is 0 Å². The first-order chi connectivity index (χ1) is 9.71. The maximum atomic E-state index is 9.67. The van der Waals surface area contributed by atoms with Gasteiger partial charge in [0.1, 0.15) is 18.2 Å². The molecule has 0 heterocycles. The first-order valence-electron chi connectivity index (χ1n) is 5.63. The lowest BCUT2D eigenvalue weighted by Gasteiger charge is -2.09. The van der Waals surface area contributed by atoms with E-state index >= 15 is 0 Å². The number of fused-ring (bicyclic) bond motifs is 1. The molecule has 0 saturated heterocycles. The maximum absolute atomic E-state index is 9.67. The number of allylic oxidation sites excluding steroid dienone is 1. The van der Waals surface area contributed by atoms with Crippen LogP contribution in [0.4, 0.5) is 5.69 Å². The van der Waals surface area contributed by atoms with Gasteiger partial charge in [-0.25, -0.2) is 0 Å². The number of benzene rings is 2. The van der Waals surface area contributed by atoms with Crippen molar-refractivity contribution in [3.05, 3.63) is 53.4 Å². The molecule has 0 aliphatic rings. The molecule has 0 fully saturated rings. The molecule has 2 rings (SSSR count). The highest BCUT2D eigenvalue weighted by molar-refractivity contribution is 5.92. The zero-order valence-electron chi connectivity index (χ0n) is 10.3. The van der Waals surface area contributed by atoms with E-state index in [1.165, 1.54) is 0 Å². The Hall–Kier alpha value is -3.49. The number of nitrogens with zero attached hydrogens (tertiary/aromatic N) is 3. The van der Waals surface area contributed by atoms with Crippen LogP contribution in [0.25, 0.3) is 10.8 Å². The van der Waals surface area contributed by atoms with Crippen molar-refractivity contribution in [2.75, 3.05) is 5.32 Å². The van der Waals surface area contributed by atoms with Crippen LogP contribution in [0.5, 0.6) is 0 Å². The van der Waals surface area contributed by atoms with E-state index in [1.54, 1.807) is 36.4 Å². The van der Waals surface area contributed by atoms with Crippen molar-refractivity contribution in [2.24, 2.45) is 0 Å². The van der Waals surface area contributed by atoms with Crippen molar-refractivity contribution in [3.63, 3.8) is 0 Å². The molecule has 0 aliphatic carbocycles. The van der Waals surface area contributed by atoms with E-state index in [4.69, 9.17) is 10.5 Å². The van der Waals surface area contributed by atoms with E-state index in [0.29, 0.717) is 11.3 Å². The monoisotopic (exact) mass is 260 g/mol. The lowest BCUT2D eigenvalue weighted by Crippen LogP contribution is -2.03. The van der Waals surface area contributed by atoms with Crippen LogP contribution >= 0.6 is 0 Å². The van der Waals surface area contributed by atoms with E-state index in [-0.39, 0.29) is 0 Å². The van der Waals surface area contributed by atoms with Crippen molar-refractivity contribution >= 4 is 16.5 Å². The molecule has 0 aromatic heterocycles. The van der Waals surface area contributed by atoms with E-state index in [9.17, 15) is 10.4 Å². The highest BCUT2D eigenvalue weighted by Gasteiger charge is 2.10. The third-order valence-electron chi connectivity index (χ3n) is 2.75. The lowest BCUT2D eigenvalue weighted by molar-refractivity contribution is 0.417. The summed E-state index contributed by atoms with van der Waals surface area (Å²) in [5.41, 5.74) is 0.235. The Labute approximate surface area is 115 Å². The number of aliphatic hydroxyl groups excluding tert-OH is 1. The molecule has 0 spiro atoms. The highest BCUT2D eigenvalue weighted by Crippen LogP contribution is 2.26. The molecule has 20 heavy (non-hydrogen) atoms. The fourth-order valence-electron chi connectivity index (χ4n) is 1.82. The van der Waals surface area contributed by atoms with Crippen LogP contribution in [-0.2, 0) is 0 Å². The van der Waals surface area contributed by atoms with E-state index in [1.807, 2.05) is 12.1 Å². The average molecular weight is 260 g/mol. The Morgan fingerprint density at radius 2 is 1.70 bits per heavy atom. The lowest BCUT2D eigenvalue weighted by atomic mass is 10.0. The second-order valence-corrected chi connectivity index (χ2v) is 3.89. The van der Waals surface area contributed by atoms with Crippen molar-refractivity contribution in [1.29, 1.82) is 15.8 Å². The summed E-state index contributed by atoms with van der Waals surface area (Å²) in [7, 11) is 0. The van der Waals surface area contributed by atoms with Gasteiger partial charge >= 0.3 is 0 Å². The Morgan fingerprint density at radius 3 is 2.35 bits per heavy atom. The summed E-state index contributed by atoms with van der Waals surface area (Å²) in [6, 6.07) is 15.9. The number of anilines is 1. The van der Waals surface area contributed by atoms with Gasteiger partial charge in [-0.05, 0) is 11.5 Å². The van der Waals surface area contributed by atoms with Crippen molar-refractivity contribution < 1.29 is 5.11 Å². The molecule has 0 radical (unpaired) electrons. The Kier molecular flexibility index (Phi) is 3.52. The molecule has 0 aliphatic heterocycles. The predicted octanol–water partition coefficient (Wildman–Crippen LogP) is 2.94. The minimum Gasteiger partial charge on any atom is -0.493 e. The van der Waals surface area contributed by atoms with Crippen molar-refractivity contribution in [3.8, 4) is 18.2 Å². The molecule has 0 bridgehead atoms. The summed E-state index contributed by atoms with van der Waals surface area (Å²) in [6.45, 7) is 0. The van der Waals surface area contributed by atoms with E-state index in [0.717, 1.165) is 10.8 Å². The molecule has 0 saturated carbocycles. The molecule has 2 aromatic carbocycles. The standard InChI is InChI=1S/C15H8N4O/c16-7-11(8-17)15(20)19-14-6-5-10-3-1-2-4-12(10)13(14)9-18/h1-6,19-20H. The van der Waals surface area contributed by atoms with Crippen molar-refractivity contribution in [2.45, 2.75) is 0 Å². The minimum absolute atomic E-state index is 0.338.